The second-order valence-corrected chi connectivity index (χ2v) is 7.75. The Bertz CT molecular complexity index is 1110. The Morgan fingerprint density at radius 3 is 1.71 bits per heavy atom. The van der Waals surface area contributed by atoms with Gasteiger partial charge in [0.15, 0.2) is 0 Å². The van der Waals surface area contributed by atoms with Crippen molar-refractivity contribution in [1.29, 1.82) is 0 Å². The monoisotopic (exact) mass is 427 g/mol. The number of phenols is 1. The molecule has 0 aliphatic carbocycles. The van der Waals surface area contributed by atoms with Gasteiger partial charge in [0.05, 0.1) is 12.0 Å². The Morgan fingerprint density at radius 2 is 1.19 bits per heavy atom. The molecule has 0 fully saturated rings. The van der Waals surface area contributed by atoms with Gasteiger partial charge in [0.2, 0.25) is 5.91 Å². The van der Waals surface area contributed by atoms with Gasteiger partial charge in [-0.25, -0.2) is 0 Å². The summed E-state index contributed by atoms with van der Waals surface area (Å²) in [5, 5.41) is 14.2. The van der Waals surface area contributed by atoms with E-state index >= 15 is 0 Å². The van der Waals surface area contributed by atoms with Crippen molar-refractivity contribution in [3.05, 3.63) is 136 Å². The Balaban J connectivity index is 1.76. The van der Waals surface area contributed by atoms with E-state index in [1.807, 2.05) is 91.0 Å². The Hall–Kier alpha value is -3.56. The van der Waals surface area contributed by atoms with E-state index in [1.54, 1.807) is 12.1 Å². The minimum atomic E-state index is -0.713. The molecular formula is C27H22ClNO2. The van der Waals surface area contributed by atoms with Crippen LogP contribution < -0.4 is 5.32 Å². The summed E-state index contributed by atoms with van der Waals surface area (Å²) < 4.78 is 0. The van der Waals surface area contributed by atoms with Crippen LogP contribution in [0, 0.1) is 0 Å². The first-order valence-electron chi connectivity index (χ1n) is 10.1. The average molecular weight is 428 g/mol. The van der Waals surface area contributed by atoms with Crippen molar-refractivity contribution in [2.75, 3.05) is 0 Å². The van der Waals surface area contributed by atoms with Crippen molar-refractivity contribution < 1.29 is 9.90 Å². The smallest absolute Gasteiger partial charge is 0.232 e. The van der Waals surface area contributed by atoms with Crippen molar-refractivity contribution in [2.24, 2.45) is 0 Å². The predicted molar refractivity (Wildman–Crippen MR) is 124 cm³/mol. The van der Waals surface area contributed by atoms with E-state index in [0.29, 0.717) is 10.6 Å². The van der Waals surface area contributed by atoms with Crippen LogP contribution in [-0.2, 0) is 4.79 Å². The van der Waals surface area contributed by atoms with Crippen molar-refractivity contribution in [3.8, 4) is 5.75 Å². The lowest BCUT2D eigenvalue weighted by molar-refractivity contribution is -0.122. The summed E-state index contributed by atoms with van der Waals surface area (Å²) in [6.45, 7) is 0. The maximum absolute atomic E-state index is 13.7. The number of hydrogen-bond acceptors (Lipinski definition) is 2. The largest absolute Gasteiger partial charge is 0.508 e. The first kappa shape index (κ1) is 20.7. The molecule has 0 saturated carbocycles. The maximum Gasteiger partial charge on any atom is 0.232 e. The van der Waals surface area contributed by atoms with Crippen molar-refractivity contribution in [2.45, 2.75) is 12.0 Å². The van der Waals surface area contributed by atoms with Crippen LogP contribution in [0.25, 0.3) is 0 Å². The molecule has 4 aromatic carbocycles. The normalized spacial score (nSPS) is 11.8. The van der Waals surface area contributed by atoms with Gasteiger partial charge >= 0.3 is 0 Å². The van der Waals surface area contributed by atoms with Crippen LogP contribution >= 0.6 is 11.6 Å². The molecule has 1 amide bonds. The predicted octanol–water partition coefficient (Wildman–Crippen LogP) is 6.08. The third kappa shape index (κ3) is 4.79. The van der Waals surface area contributed by atoms with E-state index < -0.39 is 5.92 Å². The van der Waals surface area contributed by atoms with Crippen molar-refractivity contribution >= 4 is 17.5 Å². The Labute approximate surface area is 187 Å². The fourth-order valence-electron chi connectivity index (χ4n) is 3.75. The SMILES string of the molecule is O=C(NC(c1ccccc1)c1ccccc1)[C@H](c1ccccc1)c1cc(Cl)ccc1O. The van der Waals surface area contributed by atoms with E-state index in [4.69, 9.17) is 11.6 Å². The van der Waals surface area contributed by atoms with Crippen molar-refractivity contribution in [3.63, 3.8) is 0 Å². The van der Waals surface area contributed by atoms with Crippen LogP contribution in [0.1, 0.15) is 34.2 Å². The van der Waals surface area contributed by atoms with Crippen LogP contribution in [-0.4, -0.2) is 11.0 Å². The molecule has 1 atom stereocenters. The third-order valence-corrected chi connectivity index (χ3v) is 5.48. The minimum absolute atomic E-state index is 0.0318. The van der Waals surface area contributed by atoms with E-state index in [-0.39, 0.29) is 17.7 Å². The number of phenolic OH excluding ortho intramolecular Hbond substituents is 1. The zero-order valence-electron chi connectivity index (χ0n) is 16.8. The lowest BCUT2D eigenvalue weighted by Gasteiger charge is -2.25. The van der Waals surface area contributed by atoms with E-state index in [0.717, 1.165) is 16.7 Å². The number of hydrogen-bond donors (Lipinski definition) is 2. The standard InChI is InChI=1S/C27H22ClNO2/c28-22-16-17-24(30)23(18-22)25(19-10-4-1-5-11-19)27(31)29-26(20-12-6-2-7-13-20)21-14-8-3-9-15-21/h1-18,25-26,30H,(H,29,31)/t25-/m1/s1. The highest BCUT2D eigenvalue weighted by atomic mass is 35.5. The molecule has 0 heterocycles. The highest BCUT2D eigenvalue weighted by Crippen LogP contribution is 2.34. The number of aromatic hydroxyl groups is 1. The molecule has 0 saturated heterocycles. The molecule has 0 bridgehead atoms. The summed E-state index contributed by atoms with van der Waals surface area (Å²) in [6, 6.07) is 33.5. The van der Waals surface area contributed by atoms with Gasteiger partial charge in [-0.3, -0.25) is 4.79 Å². The highest BCUT2D eigenvalue weighted by Gasteiger charge is 2.28. The van der Waals surface area contributed by atoms with Crippen LogP contribution in [0.15, 0.2) is 109 Å². The second-order valence-electron chi connectivity index (χ2n) is 7.31. The van der Waals surface area contributed by atoms with Crippen LogP contribution in [0.4, 0.5) is 0 Å². The molecule has 4 rings (SSSR count). The number of benzene rings is 4. The van der Waals surface area contributed by atoms with Gasteiger partial charge in [0, 0.05) is 10.6 Å². The van der Waals surface area contributed by atoms with Gasteiger partial charge < -0.3 is 10.4 Å². The number of nitrogens with one attached hydrogen (secondary N) is 1. The third-order valence-electron chi connectivity index (χ3n) is 5.25. The molecular weight excluding hydrogens is 406 g/mol. The molecule has 2 N–H and O–H groups in total. The van der Waals surface area contributed by atoms with Crippen LogP contribution in [0.2, 0.25) is 5.02 Å². The zero-order chi connectivity index (χ0) is 21.6. The summed E-state index contributed by atoms with van der Waals surface area (Å²) in [7, 11) is 0. The minimum Gasteiger partial charge on any atom is -0.508 e. The summed E-state index contributed by atoms with van der Waals surface area (Å²) in [5.41, 5.74) is 3.20. The zero-order valence-corrected chi connectivity index (χ0v) is 17.5. The first-order chi connectivity index (χ1) is 15.1. The van der Waals surface area contributed by atoms with Crippen molar-refractivity contribution in [1.82, 2.24) is 5.32 Å². The summed E-state index contributed by atoms with van der Waals surface area (Å²) in [5.74, 6) is -0.902. The topological polar surface area (TPSA) is 49.3 Å². The van der Waals surface area contributed by atoms with E-state index in [2.05, 4.69) is 5.32 Å². The molecule has 3 nitrogen and oxygen atoms in total. The Kier molecular flexibility index (Phi) is 6.34. The molecule has 31 heavy (non-hydrogen) atoms. The number of carbonyl (C=O) groups is 1. The second kappa shape index (κ2) is 9.50. The van der Waals surface area contributed by atoms with Gasteiger partial charge in [0.1, 0.15) is 5.75 Å². The maximum atomic E-state index is 13.7. The molecule has 0 unspecified atom stereocenters. The van der Waals surface area contributed by atoms with Gasteiger partial charge in [-0.05, 0) is 34.9 Å². The molecule has 0 aliphatic rings. The lowest BCUT2D eigenvalue weighted by Crippen LogP contribution is -2.34. The first-order valence-corrected chi connectivity index (χ1v) is 10.4. The average Bonchev–Trinajstić information content (AvgIpc) is 2.82. The molecule has 0 aromatic heterocycles. The van der Waals surface area contributed by atoms with Gasteiger partial charge in [-0.2, -0.15) is 0 Å². The van der Waals surface area contributed by atoms with E-state index in [9.17, 15) is 9.90 Å². The fraction of sp³-hybridized carbons (Fsp3) is 0.0741. The van der Waals surface area contributed by atoms with Crippen LogP contribution in [0.3, 0.4) is 0 Å². The Morgan fingerprint density at radius 1 is 0.710 bits per heavy atom. The van der Waals surface area contributed by atoms with Crippen LogP contribution in [0.5, 0.6) is 5.75 Å². The summed E-state index contributed by atoms with van der Waals surface area (Å²) in [6.07, 6.45) is 0. The van der Waals surface area contributed by atoms with Gasteiger partial charge in [-0.1, -0.05) is 103 Å². The summed E-state index contributed by atoms with van der Waals surface area (Å²) >= 11 is 6.21. The van der Waals surface area contributed by atoms with E-state index in [1.165, 1.54) is 6.07 Å². The molecule has 4 heteroatoms. The molecule has 154 valence electrons. The molecule has 0 radical (unpaired) electrons. The number of halogens is 1. The van der Waals surface area contributed by atoms with Gasteiger partial charge in [-0.15, -0.1) is 0 Å². The summed E-state index contributed by atoms with van der Waals surface area (Å²) in [4.78, 5) is 13.7. The number of carbonyl (C=O) groups excluding carboxylic acids is 1. The molecule has 4 aromatic rings. The van der Waals surface area contributed by atoms with Gasteiger partial charge in [0.25, 0.3) is 0 Å². The lowest BCUT2D eigenvalue weighted by atomic mass is 9.88. The number of amides is 1. The number of rotatable bonds is 6. The molecule has 0 aliphatic heterocycles. The highest BCUT2D eigenvalue weighted by molar-refractivity contribution is 6.30. The quantitative estimate of drug-likeness (QED) is 0.391. The molecule has 0 spiro atoms. The fourth-order valence-corrected chi connectivity index (χ4v) is 3.93.